The first-order valence-electron chi connectivity index (χ1n) is 7.62. The topological polar surface area (TPSA) is 37.8 Å². The van der Waals surface area contributed by atoms with E-state index in [0.29, 0.717) is 16.6 Å². The Balaban J connectivity index is 1.95. The summed E-state index contributed by atoms with van der Waals surface area (Å²) in [5.74, 6) is 1.20. The molecule has 0 spiro atoms. The van der Waals surface area contributed by atoms with Crippen LogP contribution in [0.15, 0.2) is 24.3 Å². The second-order valence-corrected chi connectivity index (χ2v) is 6.94. The molecule has 2 aromatic rings. The molecule has 2 unspecified atom stereocenters. The van der Waals surface area contributed by atoms with Crippen molar-refractivity contribution in [3.05, 3.63) is 30.1 Å². The SMILES string of the molecule is CCSC1CCCC1Nc1nc(C(F)F)nc2ccccc12. The molecule has 0 amide bonds. The van der Waals surface area contributed by atoms with Crippen LogP contribution in [0, 0.1) is 0 Å². The lowest BCUT2D eigenvalue weighted by Gasteiger charge is -2.21. The first kappa shape index (κ1) is 15.5. The lowest BCUT2D eigenvalue weighted by atomic mass is 10.2. The van der Waals surface area contributed by atoms with Crippen molar-refractivity contribution in [3.8, 4) is 0 Å². The third kappa shape index (κ3) is 3.16. The molecule has 3 rings (SSSR count). The zero-order valence-electron chi connectivity index (χ0n) is 12.4. The fraction of sp³-hybridized carbons (Fsp3) is 0.500. The molecule has 1 aliphatic rings. The van der Waals surface area contributed by atoms with Gasteiger partial charge in [0.2, 0.25) is 0 Å². The average Bonchev–Trinajstić information content (AvgIpc) is 2.94. The molecule has 0 radical (unpaired) electrons. The first-order valence-corrected chi connectivity index (χ1v) is 8.67. The van der Waals surface area contributed by atoms with Crippen molar-refractivity contribution in [2.45, 2.75) is 43.9 Å². The predicted octanol–water partition coefficient (Wildman–Crippen LogP) is 4.65. The number of benzene rings is 1. The molecule has 1 aromatic heterocycles. The first-order chi connectivity index (χ1) is 10.7. The van der Waals surface area contributed by atoms with Gasteiger partial charge in [0.25, 0.3) is 6.43 Å². The number of aromatic nitrogens is 2. The minimum atomic E-state index is -2.66. The maximum absolute atomic E-state index is 13.0. The number of nitrogens with zero attached hydrogens (tertiary/aromatic N) is 2. The highest BCUT2D eigenvalue weighted by Gasteiger charge is 2.28. The van der Waals surface area contributed by atoms with Crippen LogP contribution in [0.1, 0.15) is 38.4 Å². The van der Waals surface area contributed by atoms with Gasteiger partial charge in [-0.1, -0.05) is 25.5 Å². The Morgan fingerprint density at radius 1 is 1.27 bits per heavy atom. The van der Waals surface area contributed by atoms with Crippen molar-refractivity contribution in [2.75, 3.05) is 11.1 Å². The van der Waals surface area contributed by atoms with Crippen LogP contribution < -0.4 is 5.32 Å². The molecule has 1 fully saturated rings. The van der Waals surface area contributed by atoms with Crippen LogP contribution in [-0.2, 0) is 0 Å². The summed E-state index contributed by atoms with van der Waals surface area (Å²) in [4.78, 5) is 8.04. The van der Waals surface area contributed by atoms with Gasteiger partial charge in [-0.2, -0.15) is 11.8 Å². The van der Waals surface area contributed by atoms with E-state index in [0.717, 1.165) is 17.6 Å². The molecule has 0 bridgehead atoms. The van der Waals surface area contributed by atoms with Crippen molar-refractivity contribution in [2.24, 2.45) is 0 Å². The summed E-state index contributed by atoms with van der Waals surface area (Å²) in [6, 6.07) is 7.60. The summed E-state index contributed by atoms with van der Waals surface area (Å²) in [6.07, 6.45) is 0.732. The highest BCUT2D eigenvalue weighted by molar-refractivity contribution is 7.99. The molecule has 0 aliphatic heterocycles. The summed E-state index contributed by atoms with van der Waals surface area (Å²) in [5, 5.41) is 4.74. The summed E-state index contributed by atoms with van der Waals surface area (Å²) < 4.78 is 26.1. The van der Waals surface area contributed by atoms with Crippen LogP contribution in [0.2, 0.25) is 0 Å². The van der Waals surface area contributed by atoms with E-state index in [9.17, 15) is 8.78 Å². The fourth-order valence-electron chi connectivity index (χ4n) is 2.98. The van der Waals surface area contributed by atoms with Crippen LogP contribution >= 0.6 is 11.8 Å². The van der Waals surface area contributed by atoms with Gasteiger partial charge in [-0.3, -0.25) is 0 Å². The Hall–Kier alpha value is -1.43. The minimum Gasteiger partial charge on any atom is -0.366 e. The van der Waals surface area contributed by atoms with Crippen molar-refractivity contribution < 1.29 is 8.78 Å². The molecule has 6 heteroatoms. The highest BCUT2D eigenvalue weighted by Crippen LogP contribution is 2.33. The van der Waals surface area contributed by atoms with Gasteiger partial charge < -0.3 is 5.32 Å². The maximum Gasteiger partial charge on any atom is 0.297 e. The number of nitrogens with one attached hydrogen (secondary N) is 1. The highest BCUT2D eigenvalue weighted by atomic mass is 32.2. The summed E-state index contributed by atoms with van der Waals surface area (Å²) in [7, 11) is 0. The number of halogens is 2. The van der Waals surface area contributed by atoms with Crippen molar-refractivity contribution in [3.63, 3.8) is 0 Å². The van der Waals surface area contributed by atoms with Crippen LogP contribution in [0.4, 0.5) is 14.6 Å². The number of hydrogen-bond acceptors (Lipinski definition) is 4. The summed E-state index contributed by atoms with van der Waals surface area (Å²) >= 11 is 1.93. The van der Waals surface area contributed by atoms with E-state index in [1.54, 1.807) is 12.1 Å². The Bertz CT molecular complexity index is 650. The van der Waals surface area contributed by atoms with Crippen LogP contribution in [-0.4, -0.2) is 27.0 Å². The van der Waals surface area contributed by atoms with Gasteiger partial charge in [-0.25, -0.2) is 18.7 Å². The largest absolute Gasteiger partial charge is 0.366 e. The van der Waals surface area contributed by atoms with Crippen molar-refractivity contribution in [1.29, 1.82) is 0 Å². The number of rotatable bonds is 5. The fourth-order valence-corrected chi connectivity index (χ4v) is 4.18. The van der Waals surface area contributed by atoms with Gasteiger partial charge in [0, 0.05) is 16.7 Å². The van der Waals surface area contributed by atoms with E-state index in [-0.39, 0.29) is 6.04 Å². The zero-order chi connectivity index (χ0) is 15.5. The quantitative estimate of drug-likeness (QED) is 0.869. The zero-order valence-corrected chi connectivity index (χ0v) is 13.2. The van der Waals surface area contributed by atoms with Gasteiger partial charge in [0.15, 0.2) is 5.82 Å². The smallest absolute Gasteiger partial charge is 0.297 e. The molecule has 1 heterocycles. The third-order valence-electron chi connectivity index (χ3n) is 3.97. The van der Waals surface area contributed by atoms with Crippen LogP contribution in [0.3, 0.4) is 0 Å². The lowest BCUT2D eigenvalue weighted by molar-refractivity contribution is 0.141. The van der Waals surface area contributed by atoms with Gasteiger partial charge in [-0.15, -0.1) is 0 Å². The van der Waals surface area contributed by atoms with Gasteiger partial charge in [-0.05, 0) is 30.7 Å². The Morgan fingerprint density at radius 3 is 2.86 bits per heavy atom. The predicted molar refractivity (Wildman–Crippen MR) is 87.7 cm³/mol. The molecule has 22 heavy (non-hydrogen) atoms. The standard InChI is InChI=1S/C16H19F2N3S/c1-2-22-13-9-5-8-12(13)20-15-10-6-3-4-7-11(10)19-16(21-15)14(17)18/h3-4,6-7,12-14H,2,5,8-9H2,1H3,(H,19,20,21). The van der Waals surface area contributed by atoms with Crippen molar-refractivity contribution >= 4 is 28.5 Å². The molecule has 1 N–H and O–H groups in total. The molecule has 3 nitrogen and oxygen atoms in total. The van der Waals surface area contributed by atoms with Gasteiger partial charge in [0.1, 0.15) is 5.82 Å². The Kier molecular flexibility index (Phi) is 4.76. The normalized spacial score (nSPS) is 21.6. The lowest BCUT2D eigenvalue weighted by Crippen LogP contribution is -2.27. The Labute approximate surface area is 132 Å². The molecule has 2 atom stereocenters. The second kappa shape index (κ2) is 6.77. The molecule has 1 aliphatic carbocycles. The van der Waals surface area contributed by atoms with E-state index in [2.05, 4.69) is 22.2 Å². The third-order valence-corrected chi connectivity index (χ3v) is 5.30. The average molecular weight is 323 g/mol. The van der Waals surface area contributed by atoms with E-state index in [4.69, 9.17) is 0 Å². The maximum atomic E-state index is 13.0. The van der Waals surface area contributed by atoms with E-state index in [1.807, 2.05) is 23.9 Å². The second-order valence-electron chi connectivity index (χ2n) is 5.42. The van der Waals surface area contributed by atoms with Gasteiger partial charge >= 0.3 is 0 Å². The van der Waals surface area contributed by atoms with Gasteiger partial charge in [0.05, 0.1) is 5.52 Å². The molecular formula is C16H19F2N3S. The van der Waals surface area contributed by atoms with E-state index in [1.165, 1.54) is 12.8 Å². The van der Waals surface area contributed by atoms with E-state index < -0.39 is 12.2 Å². The number of anilines is 1. The van der Waals surface area contributed by atoms with Crippen molar-refractivity contribution in [1.82, 2.24) is 9.97 Å². The molecule has 0 saturated heterocycles. The molecule has 1 saturated carbocycles. The molecule has 1 aromatic carbocycles. The number of fused-ring (bicyclic) bond motifs is 1. The van der Waals surface area contributed by atoms with Crippen LogP contribution in [0.5, 0.6) is 0 Å². The number of hydrogen-bond donors (Lipinski definition) is 1. The monoisotopic (exact) mass is 323 g/mol. The number of alkyl halides is 2. The number of para-hydroxylation sites is 1. The number of thioether (sulfide) groups is 1. The summed E-state index contributed by atoms with van der Waals surface area (Å²) in [5.41, 5.74) is 0.563. The minimum absolute atomic E-state index is 0.286. The Morgan fingerprint density at radius 2 is 2.09 bits per heavy atom. The molecule has 118 valence electrons. The molecular weight excluding hydrogens is 304 g/mol. The van der Waals surface area contributed by atoms with Crippen LogP contribution in [0.25, 0.3) is 10.9 Å². The van der Waals surface area contributed by atoms with E-state index >= 15 is 0 Å². The summed E-state index contributed by atoms with van der Waals surface area (Å²) in [6.45, 7) is 2.15.